The van der Waals surface area contributed by atoms with E-state index in [4.69, 9.17) is 4.74 Å². The normalized spacial score (nSPS) is 10.9. The molecular weight excluding hydrogens is 303 g/mol. The van der Waals surface area contributed by atoms with Crippen LogP contribution in [-0.4, -0.2) is 9.97 Å². The van der Waals surface area contributed by atoms with Crippen LogP contribution in [0, 0.1) is 5.82 Å². The molecule has 0 fully saturated rings. The van der Waals surface area contributed by atoms with Crippen LogP contribution in [0.25, 0.3) is 22.4 Å². The Hall–Kier alpha value is -3.14. The Morgan fingerprint density at radius 1 is 0.917 bits per heavy atom. The first-order valence-corrected chi connectivity index (χ1v) is 7.70. The van der Waals surface area contributed by atoms with Gasteiger partial charge in [-0.15, -0.1) is 0 Å². The Labute approximate surface area is 138 Å². The van der Waals surface area contributed by atoms with E-state index in [1.165, 1.54) is 12.1 Å². The van der Waals surface area contributed by atoms with Crippen LogP contribution in [0.15, 0.2) is 72.8 Å². The molecule has 4 aromatic rings. The molecule has 4 heteroatoms. The van der Waals surface area contributed by atoms with Gasteiger partial charge in [-0.3, -0.25) is 0 Å². The average molecular weight is 318 g/mol. The van der Waals surface area contributed by atoms with Crippen molar-refractivity contribution in [3.8, 4) is 17.1 Å². The third-order valence-electron chi connectivity index (χ3n) is 3.82. The molecule has 0 saturated heterocycles. The third-order valence-corrected chi connectivity index (χ3v) is 3.82. The molecule has 0 amide bonds. The van der Waals surface area contributed by atoms with Crippen LogP contribution in [0.3, 0.4) is 0 Å². The number of H-pyrrole nitrogens is 1. The van der Waals surface area contributed by atoms with Gasteiger partial charge in [0, 0.05) is 11.6 Å². The summed E-state index contributed by atoms with van der Waals surface area (Å²) in [7, 11) is 0. The molecule has 0 spiro atoms. The lowest BCUT2D eigenvalue weighted by Crippen LogP contribution is -1.95. The number of nitrogens with zero attached hydrogens (tertiary/aromatic N) is 1. The Bertz CT molecular complexity index is 943. The maximum absolute atomic E-state index is 13.1. The number of rotatable bonds is 4. The number of imidazole rings is 1. The van der Waals surface area contributed by atoms with Gasteiger partial charge in [-0.05, 0) is 29.8 Å². The SMILES string of the molecule is Fc1cccc(OCc2ccc(-c3nc4ccccc4[nH]3)cc2)c1. The predicted molar refractivity (Wildman–Crippen MR) is 92.3 cm³/mol. The largest absolute Gasteiger partial charge is 0.489 e. The number of ether oxygens (including phenoxy) is 1. The molecule has 3 aromatic carbocycles. The minimum absolute atomic E-state index is 0.298. The summed E-state index contributed by atoms with van der Waals surface area (Å²) < 4.78 is 18.7. The summed E-state index contributed by atoms with van der Waals surface area (Å²) in [6, 6.07) is 22.1. The smallest absolute Gasteiger partial charge is 0.138 e. The average Bonchev–Trinajstić information content (AvgIpc) is 3.05. The van der Waals surface area contributed by atoms with Crippen LogP contribution in [0.2, 0.25) is 0 Å². The highest BCUT2D eigenvalue weighted by Gasteiger charge is 2.05. The van der Waals surface area contributed by atoms with Gasteiger partial charge in [-0.2, -0.15) is 0 Å². The van der Waals surface area contributed by atoms with Crippen molar-refractivity contribution in [1.82, 2.24) is 9.97 Å². The second-order valence-electron chi connectivity index (χ2n) is 5.55. The minimum atomic E-state index is -0.298. The highest BCUT2D eigenvalue weighted by atomic mass is 19.1. The van der Waals surface area contributed by atoms with E-state index in [0.29, 0.717) is 12.4 Å². The molecular formula is C20H15FN2O. The quantitative estimate of drug-likeness (QED) is 0.578. The van der Waals surface area contributed by atoms with Crippen LogP contribution in [-0.2, 0) is 6.61 Å². The molecule has 1 aromatic heterocycles. The molecule has 1 heterocycles. The fraction of sp³-hybridized carbons (Fsp3) is 0.0500. The molecule has 4 rings (SSSR count). The molecule has 0 atom stereocenters. The van der Waals surface area contributed by atoms with Gasteiger partial charge < -0.3 is 9.72 Å². The number of fused-ring (bicyclic) bond motifs is 1. The van der Waals surface area contributed by atoms with E-state index in [0.717, 1.165) is 28.0 Å². The van der Waals surface area contributed by atoms with E-state index < -0.39 is 0 Å². The van der Waals surface area contributed by atoms with Gasteiger partial charge in [-0.1, -0.05) is 42.5 Å². The van der Waals surface area contributed by atoms with Crippen LogP contribution >= 0.6 is 0 Å². The summed E-state index contributed by atoms with van der Waals surface area (Å²) in [6.07, 6.45) is 0. The van der Waals surface area contributed by atoms with Gasteiger partial charge in [0.05, 0.1) is 11.0 Å². The molecule has 0 bridgehead atoms. The lowest BCUT2D eigenvalue weighted by atomic mass is 10.1. The minimum Gasteiger partial charge on any atom is -0.489 e. The molecule has 0 aliphatic carbocycles. The van der Waals surface area contributed by atoms with Crippen molar-refractivity contribution in [1.29, 1.82) is 0 Å². The summed E-state index contributed by atoms with van der Waals surface area (Å²) in [6.45, 7) is 0.393. The topological polar surface area (TPSA) is 37.9 Å². The van der Waals surface area contributed by atoms with E-state index in [-0.39, 0.29) is 5.82 Å². The number of benzene rings is 3. The highest BCUT2D eigenvalue weighted by molar-refractivity contribution is 5.79. The van der Waals surface area contributed by atoms with Crippen LogP contribution < -0.4 is 4.74 Å². The summed E-state index contributed by atoms with van der Waals surface area (Å²) in [4.78, 5) is 7.90. The standard InChI is InChI=1S/C20H15FN2O/c21-16-4-3-5-17(12-16)24-13-14-8-10-15(11-9-14)20-22-18-6-1-2-7-19(18)23-20/h1-12H,13H2,(H,22,23). The molecule has 24 heavy (non-hydrogen) atoms. The van der Waals surface area contributed by atoms with E-state index in [2.05, 4.69) is 9.97 Å². The van der Waals surface area contributed by atoms with Gasteiger partial charge in [0.2, 0.25) is 0 Å². The fourth-order valence-electron chi connectivity index (χ4n) is 2.57. The van der Waals surface area contributed by atoms with E-state index in [1.54, 1.807) is 12.1 Å². The zero-order chi connectivity index (χ0) is 16.4. The summed E-state index contributed by atoms with van der Waals surface area (Å²) in [5, 5.41) is 0. The fourth-order valence-corrected chi connectivity index (χ4v) is 2.57. The molecule has 0 saturated carbocycles. The van der Waals surface area contributed by atoms with E-state index >= 15 is 0 Å². The molecule has 0 aliphatic heterocycles. The number of aromatic nitrogens is 2. The van der Waals surface area contributed by atoms with Crippen molar-refractivity contribution < 1.29 is 9.13 Å². The van der Waals surface area contributed by atoms with Crippen LogP contribution in [0.1, 0.15) is 5.56 Å². The maximum atomic E-state index is 13.1. The Kier molecular flexibility index (Phi) is 3.71. The lowest BCUT2D eigenvalue weighted by molar-refractivity contribution is 0.304. The number of halogens is 1. The number of aromatic amines is 1. The second kappa shape index (κ2) is 6.16. The maximum Gasteiger partial charge on any atom is 0.138 e. The zero-order valence-electron chi connectivity index (χ0n) is 12.9. The van der Waals surface area contributed by atoms with Crippen LogP contribution in [0.4, 0.5) is 4.39 Å². The first kappa shape index (κ1) is 14.5. The Balaban J connectivity index is 1.50. The van der Waals surface area contributed by atoms with Crippen molar-refractivity contribution >= 4 is 11.0 Å². The Morgan fingerprint density at radius 2 is 1.75 bits per heavy atom. The summed E-state index contributed by atoms with van der Waals surface area (Å²) in [5.41, 5.74) is 4.00. The van der Waals surface area contributed by atoms with Crippen molar-refractivity contribution in [2.75, 3.05) is 0 Å². The molecule has 0 unspecified atom stereocenters. The summed E-state index contributed by atoms with van der Waals surface area (Å²) in [5.74, 6) is 1.07. The lowest BCUT2D eigenvalue weighted by Gasteiger charge is -2.06. The van der Waals surface area contributed by atoms with Gasteiger partial charge in [0.1, 0.15) is 24.0 Å². The second-order valence-corrected chi connectivity index (χ2v) is 5.55. The van der Waals surface area contributed by atoms with Gasteiger partial charge in [0.15, 0.2) is 0 Å². The predicted octanol–water partition coefficient (Wildman–Crippen LogP) is 4.95. The van der Waals surface area contributed by atoms with Gasteiger partial charge >= 0.3 is 0 Å². The van der Waals surface area contributed by atoms with E-state index in [9.17, 15) is 4.39 Å². The molecule has 3 nitrogen and oxygen atoms in total. The van der Waals surface area contributed by atoms with Crippen LogP contribution in [0.5, 0.6) is 5.75 Å². The summed E-state index contributed by atoms with van der Waals surface area (Å²) >= 11 is 0. The van der Waals surface area contributed by atoms with Crippen molar-refractivity contribution in [2.24, 2.45) is 0 Å². The highest BCUT2D eigenvalue weighted by Crippen LogP contribution is 2.21. The van der Waals surface area contributed by atoms with Gasteiger partial charge in [-0.25, -0.2) is 9.37 Å². The number of nitrogens with one attached hydrogen (secondary N) is 1. The number of para-hydroxylation sites is 2. The zero-order valence-corrected chi connectivity index (χ0v) is 12.9. The monoisotopic (exact) mass is 318 g/mol. The number of hydrogen-bond donors (Lipinski definition) is 1. The molecule has 0 radical (unpaired) electrons. The van der Waals surface area contributed by atoms with Crippen molar-refractivity contribution in [2.45, 2.75) is 6.61 Å². The number of hydrogen-bond acceptors (Lipinski definition) is 2. The third kappa shape index (κ3) is 2.99. The van der Waals surface area contributed by atoms with Gasteiger partial charge in [0.25, 0.3) is 0 Å². The van der Waals surface area contributed by atoms with Crippen molar-refractivity contribution in [3.63, 3.8) is 0 Å². The first-order valence-electron chi connectivity index (χ1n) is 7.70. The Morgan fingerprint density at radius 3 is 2.54 bits per heavy atom. The first-order chi connectivity index (χ1) is 11.8. The molecule has 118 valence electrons. The van der Waals surface area contributed by atoms with Crippen molar-refractivity contribution in [3.05, 3.63) is 84.2 Å². The molecule has 0 aliphatic rings. The van der Waals surface area contributed by atoms with E-state index in [1.807, 2.05) is 48.5 Å². The molecule has 1 N–H and O–H groups in total.